The van der Waals surface area contributed by atoms with E-state index in [4.69, 9.17) is 9.52 Å². The molecule has 7 heteroatoms. The number of carboxylic acids is 1. The van der Waals surface area contributed by atoms with Crippen LogP contribution in [-0.2, 0) is 0 Å². The van der Waals surface area contributed by atoms with Crippen molar-refractivity contribution >= 4 is 11.7 Å². The van der Waals surface area contributed by atoms with Gasteiger partial charge in [-0.1, -0.05) is 6.07 Å². The molecule has 0 aliphatic heterocycles. The lowest BCUT2D eigenvalue weighted by molar-refractivity contribution is -0.384. The molecule has 1 aromatic heterocycles. The van der Waals surface area contributed by atoms with Crippen LogP contribution >= 0.6 is 0 Å². The number of nitro groups is 1. The van der Waals surface area contributed by atoms with Gasteiger partial charge in [0.05, 0.1) is 4.92 Å². The number of hydrogen-bond acceptors (Lipinski definition) is 5. The third-order valence-corrected chi connectivity index (χ3v) is 2.58. The molecule has 0 amide bonds. The molecule has 0 radical (unpaired) electrons. The predicted octanol–water partition coefficient (Wildman–Crippen LogP) is 2.56. The fourth-order valence-corrected chi connectivity index (χ4v) is 1.69. The van der Waals surface area contributed by atoms with Crippen LogP contribution < -0.4 is 0 Å². The number of nitrogens with zero attached hydrogens (tertiary/aromatic N) is 2. The minimum absolute atomic E-state index is 0.0645. The number of carboxylic acid groups (broad SMARTS) is 1. The molecular formula is C12H10N2O5. The van der Waals surface area contributed by atoms with E-state index < -0.39 is 10.9 Å². The highest BCUT2D eigenvalue weighted by Crippen LogP contribution is 2.31. The first-order valence-electron chi connectivity index (χ1n) is 5.36. The number of carbonyl (C=O) groups is 1. The molecule has 0 aliphatic rings. The molecule has 98 valence electrons. The first-order chi connectivity index (χ1) is 8.90. The number of rotatable bonds is 3. The van der Waals surface area contributed by atoms with Gasteiger partial charge in [-0.25, -0.2) is 9.78 Å². The molecular weight excluding hydrogens is 252 g/mol. The van der Waals surface area contributed by atoms with Crippen LogP contribution in [0.4, 0.5) is 5.69 Å². The Morgan fingerprint density at radius 3 is 2.63 bits per heavy atom. The van der Waals surface area contributed by atoms with E-state index in [9.17, 15) is 14.9 Å². The molecule has 0 bridgehead atoms. The fourth-order valence-electron chi connectivity index (χ4n) is 1.69. The molecule has 0 spiro atoms. The van der Waals surface area contributed by atoms with Crippen molar-refractivity contribution in [2.45, 2.75) is 13.8 Å². The average Bonchev–Trinajstić information content (AvgIpc) is 2.70. The zero-order chi connectivity index (χ0) is 14.2. The lowest BCUT2D eigenvalue weighted by Crippen LogP contribution is -1.98. The maximum Gasteiger partial charge on any atom is 0.358 e. The zero-order valence-electron chi connectivity index (χ0n) is 10.2. The SMILES string of the molecule is Cc1ccc([N+](=O)[O-])c(-c2nc(C(=O)O)c(C)o2)c1. The summed E-state index contributed by atoms with van der Waals surface area (Å²) in [5, 5.41) is 19.9. The topological polar surface area (TPSA) is 106 Å². The van der Waals surface area contributed by atoms with E-state index in [2.05, 4.69) is 4.98 Å². The number of aryl methyl sites for hydroxylation is 2. The standard InChI is InChI=1S/C12H10N2O5/c1-6-3-4-9(14(17)18)8(5-6)11-13-10(12(15)16)7(2)19-11/h3-5H,1-2H3,(H,15,16). The third-order valence-electron chi connectivity index (χ3n) is 2.58. The van der Waals surface area contributed by atoms with Gasteiger partial charge in [-0.2, -0.15) is 0 Å². The third kappa shape index (κ3) is 2.30. The maximum absolute atomic E-state index is 11.0. The van der Waals surface area contributed by atoms with E-state index in [1.54, 1.807) is 13.0 Å². The van der Waals surface area contributed by atoms with Crippen LogP contribution in [0.15, 0.2) is 22.6 Å². The molecule has 0 unspecified atom stereocenters. The molecule has 2 rings (SSSR count). The Bertz CT molecular complexity index is 675. The highest BCUT2D eigenvalue weighted by molar-refractivity contribution is 5.87. The summed E-state index contributed by atoms with van der Waals surface area (Å²) >= 11 is 0. The zero-order valence-corrected chi connectivity index (χ0v) is 10.2. The molecule has 0 atom stereocenters. The number of aromatic carboxylic acids is 1. The molecule has 0 saturated heterocycles. The van der Waals surface area contributed by atoms with Crippen molar-refractivity contribution in [1.29, 1.82) is 0 Å². The van der Waals surface area contributed by atoms with Gasteiger partial charge in [-0.15, -0.1) is 0 Å². The summed E-state index contributed by atoms with van der Waals surface area (Å²) in [6, 6.07) is 4.47. The summed E-state index contributed by atoms with van der Waals surface area (Å²) < 4.78 is 5.21. The molecule has 0 fully saturated rings. The normalized spacial score (nSPS) is 10.4. The highest BCUT2D eigenvalue weighted by Gasteiger charge is 2.23. The molecule has 7 nitrogen and oxygen atoms in total. The van der Waals surface area contributed by atoms with Crippen LogP contribution in [0.1, 0.15) is 21.8 Å². The summed E-state index contributed by atoms with van der Waals surface area (Å²) in [6.45, 7) is 3.21. The Labute approximate surface area is 107 Å². The maximum atomic E-state index is 11.0. The lowest BCUT2D eigenvalue weighted by atomic mass is 10.1. The summed E-state index contributed by atoms with van der Waals surface area (Å²) in [5.41, 5.74) is 0.531. The Balaban J connectivity index is 2.64. The van der Waals surface area contributed by atoms with Crippen molar-refractivity contribution in [2.75, 3.05) is 0 Å². The van der Waals surface area contributed by atoms with Crippen LogP contribution in [0.5, 0.6) is 0 Å². The number of hydrogen-bond donors (Lipinski definition) is 1. The van der Waals surface area contributed by atoms with Crippen molar-refractivity contribution in [2.24, 2.45) is 0 Å². The molecule has 1 N–H and O–H groups in total. The number of benzene rings is 1. The molecule has 0 aliphatic carbocycles. The van der Waals surface area contributed by atoms with Crippen molar-refractivity contribution in [3.05, 3.63) is 45.3 Å². The van der Waals surface area contributed by atoms with Crippen molar-refractivity contribution < 1.29 is 19.2 Å². The lowest BCUT2D eigenvalue weighted by Gasteiger charge is -1.99. The van der Waals surface area contributed by atoms with Crippen LogP contribution in [0.2, 0.25) is 0 Å². The van der Waals surface area contributed by atoms with E-state index in [-0.39, 0.29) is 28.6 Å². The molecule has 19 heavy (non-hydrogen) atoms. The van der Waals surface area contributed by atoms with E-state index in [1.165, 1.54) is 19.1 Å². The first-order valence-corrected chi connectivity index (χ1v) is 5.36. The van der Waals surface area contributed by atoms with Crippen LogP contribution in [0.25, 0.3) is 11.5 Å². The first kappa shape index (κ1) is 12.7. The summed E-state index contributed by atoms with van der Waals surface area (Å²) in [5.74, 6) is -1.19. The van der Waals surface area contributed by atoms with E-state index in [0.717, 1.165) is 5.56 Å². The van der Waals surface area contributed by atoms with Gasteiger partial charge in [0.25, 0.3) is 5.69 Å². The summed E-state index contributed by atoms with van der Waals surface area (Å²) in [7, 11) is 0. The second-order valence-corrected chi connectivity index (χ2v) is 4.01. The molecule has 1 aromatic carbocycles. The van der Waals surface area contributed by atoms with Gasteiger partial charge >= 0.3 is 5.97 Å². The fraction of sp³-hybridized carbons (Fsp3) is 0.167. The van der Waals surface area contributed by atoms with Crippen molar-refractivity contribution in [3.63, 3.8) is 0 Å². The smallest absolute Gasteiger partial charge is 0.358 e. The van der Waals surface area contributed by atoms with Crippen LogP contribution in [0, 0.1) is 24.0 Å². The Morgan fingerprint density at radius 2 is 2.11 bits per heavy atom. The van der Waals surface area contributed by atoms with Gasteiger partial charge in [-0.05, 0) is 25.5 Å². The Hall–Kier alpha value is -2.70. The van der Waals surface area contributed by atoms with Gasteiger partial charge < -0.3 is 9.52 Å². The quantitative estimate of drug-likeness (QED) is 0.672. The van der Waals surface area contributed by atoms with Gasteiger partial charge in [-0.3, -0.25) is 10.1 Å². The van der Waals surface area contributed by atoms with Crippen molar-refractivity contribution in [1.82, 2.24) is 4.98 Å². The van der Waals surface area contributed by atoms with E-state index >= 15 is 0 Å². The second kappa shape index (κ2) is 4.52. The van der Waals surface area contributed by atoms with Gasteiger partial charge in [0.2, 0.25) is 5.89 Å². The molecule has 0 saturated carbocycles. The Morgan fingerprint density at radius 1 is 1.42 bits per heavy atom. The number of nitro benzene ring substituents is 1. The predicted molar refractivity (Wildman–Crippen MR) is 65.0 cm³/mol. The summed E-state index contributed by atoms with van der Waals surface area (Å²) in [4.78, 5) is 25.1. The van der Waals surface area contributed by atoms with Gasteiger partial charge in [0.1, 0.15) is 11.3 Å². The van der Waals surface area contributed by atoms with Gasteiger partial charge in [0.15, 0.2) is 5.69 Å². The average molecular weight is 262 g/mol. The van der Waals surface area contributed by atoms with Crippen LogP contribution in [-0.4, -0.2) is 21.0 Å². The summed E-state index contributed by atoms with van der Waals surface area (Å²) in [6.07, 6.45) is 0. The van der Waals surface area contributed by atoms with Gasteiger partial charge in [0, 0.05) is 6.07 Å². The highest BCUT2D eigenvalue weighted by atomic mass is 16.6. The minimum Gasteiger partial charge on any atom is -0.476 e. The molecule has 2 aromatic rings. The van der Waals surface area contributed by atoms with E-state index in [0.29, 0.717) is 0 Å². The largest absolute Gasteiger partial charge is 0.476 e. The van der Waals surface area contributed by atoms with Crippen molar-refractivity contribution in [3.8, 4) is 11.5 Å². The Kier molecular flexibility index (Phi) is 3.04. The minimum atomic E-state index is -1.23. The number of aromatic nitrogens is 1. The van der Waals surface area contributed by atoms with Crippen LogP contribution in [0.3, 0.4) is 0 Å². The monoisotopic (exact) mass is 262 g/mol. The number of oxazole rings is 1. The second-order valence-electron chi connectivity index (χ2n) is 4.01. The molecule has 1 heterocycles. The van der Waals surface area contributed by atoms with E-state index in [1.807, 2.05) is 0 Å².